The number of benzene rings is 1. The van der Waals surface area contributed by atoms with Crippen LogP contribution in [0.15, 0.2) is 35.1 Å². The van der Waals surface area contributed by atoms with E-state index in [-0.39, 0.29) is 12.2 Å². The Balaban J connectivity index is 1.40. The van der Waals surface area contributed by atoms with Crippen LogP contribution in [0, 0.1) is 23.2 Å². The number of pyridine rings is 2. The predicted molar refractivity (Wildman–Crippen MR) is 150 cm³/mol. The zero-order chi connectivity index (χ0) is 26.8. The van der Waals surface area contributed by atoms with Gasteiger partial charge in [0.15, 0.2) is 5.60 Å². The van der Waals surface area contributed by atoms with Crippen molar-refractivity contribution in [2.45, 2.75) is 77.9 Å². The minimum atomic E-state index is -1.98. The van der Waals surface area contributed by atoms with E-state index in [0.717, 1.165) is 34.5 Å². The fourth-order valence-corrected chi connectivity index (χ4v) is 12.5. The monoisotopic (exact) mass is 528 g/mol. The molecule has 5 aliphatic rings. The number of ether oxygens (including phenoxy) is 1. The van der Waals surface area contributed by atoms with Crippen LogP contribution in [-0.2, 0) is 28.3 Å². The zero-order valence-electron chi connectivity index (χ0n) is 22.9. The molecule has 4 atom stereocenters. The zero-order valence-corrected chi connectivity index (χ0v) is 23.9. The summed E-state index contributed by atoms with van der Waals surface area (Å²) in [6, 6.07) is 11.4. The molecule has 7 heteroatoms. The van der Waals surface area contributed by atoms with Crippen LogP contribution in [0.5, 0.6) is 0 Å². The van der Waals surface area contributed by atoms with Crippen molar-refractivity contribution in [1.82, 2.24) is 9.55 Å². The average Bonchev–Trinajstić information content (AvgIpc) is 3.23. The smallest absolute Gasteiger partial charge is 0.342 e. The highest BCUT2D eigenvalue weighted by Crippen LogP contribution is 2.62. The summed E-state index contributed by atoms with van der Waals surface area (Å²) in [5.74, 6) is 1.72. The van der Waals surface area contributed by atoms with Crippen LogP contribution >= 0.6 is 0 Å². The third-order valence-electron chi connectivity index (χ3n) is 10.7. The second-order valence-electron chi connectivity index (χ2n) is 13.6. The lowest BCUT2D eigenvalue weighted by molar-refractivity contribution is -0.169. The van der Waals surface area contributed by atoms with E-state index in [1.54, 1.807) is 10.6 Å². The van der Waals surface area contributed by atoms with E-state index in [2.05, 4.69) is 45.1 Å². The van der Waals surface area contributed by atoms with Crippen molar-refractivity contribution < 1.29 is 14.6 Å². The molecule has 2 bridgehead atoms. The fraction of sp³-hybridized carbons (Fsp3) is 0.516. The van der Waals surface area contributed by atoms with Gasteiger partial charge in [-0.1, -0.05) is 57.6 Å². The molecule has 198 valence electrons. The van der Waals surface area contributed by atoms with Gasteiger partial charge < -0.3 is 14.4 Å². The Bertz CT molecular complexity index is 1600. The van der Waals surface area contributed by atoms with E-state index in [0.29, 0.717) is 28.8 Å². The van der Waals surface area contributed by atoms with Crippen molar-refractivity contribution in [1.29, 1.82) is 0 Å². The van der Waals surface area contributed by atoms with Crippen LogP contribution in [0.2, 0.25) is 19.1 Å². The second kappa shape index (κ2) is 7.66. The standard InChI is InChI=1S/C31H36N2O4Si/c1-30(2)18-11-10-17(22(30)12-18)16-38(4,5)27-19-8-6-7-9-24(19)32-26-20(27)14-33-25(26)13-23-21(28(33)34)15-37-29(35)31(23,3)36/h6-9,13,17-18,22,36H,10-12,14-16H2,1-5H3/t17?,18?,22?,31-/m0/s1. The lowest BCUT2D eigenvalue weighted by atomic mass is 9.46. The number of hydrogen-bond acceptors (Lipinski definition) is 5. The highest BCUT2D eigenvalue weighted by molar-refractivity contribution is 6.92. The first-order chi connectivity index (χ1) is 17.9. The van der Waals surface area contributed by atoms with Gasteiger partial charge in [-0.3, -0.25) is 4.79 Å². The molecule has 0 spiro atoms. The van der Waals surface area contributed by atoms with Gasteiger partial charge in [0, 0.05) is 5.56 Å². The molecule has 1 N–H and O–H groups in total. The molecule has 2 aromatic heterocycles. The van der Waals surface area contributed by atoms with Crippen LogP contribution < -0.4 is 10.7 Å². The number of nitrogens with zero attached hydrogens (tertiary/aromatic N) is 2. The van der Waals surface area contributed by atoms with E-state index in [1.165, 1.54) is 42.8 Å². The Morgan fingerprint density at radius 1 is 1.13 bits per heavy atom. The van der Waals surface area contributed by atoms with Gasteiger partial charge in [-0.05, 0) is 71.2 Å². The van der Waals surface area contributed by atoms with Crippen LogP contribution in [0.1, 0.15) is 56.7 Å². The third-order valence-corrected chi connectivity index (χ3v) is 14.1. The largest absolute Gasteiger partial charge is 0.458 e. The van der Waals surface area contributed by atoms with E-state index >= 15 is 0 Å². The SMILES string of the molecule is CC1(C)C2CCC(C[Si](C)(C)c3c4c(nc5ccccc35)-c3cc5c(c(=O)n3C4)COC(=O)[C@@]5(C)O)C1C2. The number of esters is 1. The van der Waals surface area contributed by atoms with E-state index in [4.69, 9.17) is 9.72 Å². The Labute approximate surface area is 224 Å². The fourth-order valence-electron chi connectivity index (χ4n) is 8.52. The van der Waals surface area contributed by atoms with Crippen molar-refractivity contribution in [3.8, 4) is 11.4 Å². The third kappa shape index (κ3) is 3.12. The van der Waals surface area contributed by atoms with Crippen molar-refractivity contribution >= 4 is 30.1 Å². The number of carbonyl (C=O) groups excluding carboxylic acids is 1. The van der Waals surface area contributed by atoms with Gasteiger partial charge in [0.25, 0.3) is 5.56 Å². The number of carbonyl (C=O) groups is 1. The molecule has 8 rings (SSSR count). The van der Waals surface area contributed by atoms with Gasteiger partial charge in [-0.2, -0.15) is 0 Å². The maximum atomic E-state index is 13.7. The molecule has 3 unspecified atom stereocenters. The summed E-state index contributed by atoms with van der Waals surface area (Å²) in [6.07, 6.45) is 4.06. The average molecular weight is 529 g/mol. The van der Waals surface area contributed by atoms with Crippen LogP contribution in [0.25, 0.3) is 22.3 Å². The Morgan fingerprint density at radius 3 is 2.63 bits per heavy atom. The summed E-state index contributed by atoms with van der Waals surface area (Å²) in [5, 5.41) is 13.6. The summed E-state index contributed by atoms with van der Waals surface area (Å²) in [6.45, 7) is 11.7. The van der Waals surface area contributed by atoms with Gasteiger partial charge >= 0.3 is 5.97 Å². The minimum absolute atomic E-state index is 0.109. The van der Waals surface area contributed by atoms with Gasteiger partial charge in [0.2, 0.25) is 0 Å². The number of para-hydroxylation sites is 1. The number of fused-ring (bicyclic) bond motifs is 7. The summed E-state index contributed by atoms with van der Waals surface area (Å²) in [4.78, 5) is 31.2. The minimum Gasteiger partial charge on any atom is -0.458 e. The molecular weight excluding hydrogens is 492 g/mol. The molecule has 6 nitrogen and oxygen atoms in total. The van der Waals surface area contributed by atoms with Gasteiger partial charge in [0.05, 0.1) is 37.1 Å². The van der Waals surface area contributed by atoms with Crippen LogP contribution in [0.3, 0.4) is 0 Å². The summed E-state index contributed by atoms with van der Waals surface area (Å²) >= 11 is 0. The molecule has 4 heterocycles. The molecule has 3 aliphatic carbocycles. The normalized spacial score (nSPS) is 28.8. The van der Waals surface area contributed by atoms with E-state index in [9.17, 15) is 14.7 Å². The van der Waals surface area contributed by atoms with E-state index < -0.39 is 19.6 Å². The maximum absolute atomic E-state index is 13.7. The number of aromatic nitrogens is 2. The summed E-state index contributed by atoms with van der Waals surface area (Å²) in [7, 11) is -1.98. The molecule has 0 saturated heterocycles. The molecule has 2 aliphatic heterocycles. The second-order valence-corrected chi connectivity index (χ2v) is 18.3. The molecule has 1 aromatic carbocycles. The maximum Gasteiger partial charge on any atom is 0.342 e. The molecule has 3 fully saturated rings. The van der Waals surface area contributed by atoms with Crippen LogP contribution in [0.4, 0.5) is 0 Å². The molecule has 0 amide bonds. The Kier molecular flexibility index (Phi) is 4.90. The quantitative estimate of drug-likeness (QED) is 0.309. The molecule has 3 aromatic rings. The van der Waals surface area contributed by atoms with Crippen molar-refractivity contribution in [3.05, 3.63) is 57.4 Å². The van der Waals surface area contributed by atoms with Crippen molar-refractivity contribution in [3.63, 3.8) is 0 Å². The number of rotatable bonds is 3. The van der Waals surface area contributed by atoms with Crippen molar-refractivity contribution in [2.24, 2.45) is 23.2 Å². The highest BCUT2D eigenvalue weighted by Gasteiger charge is 2.55. The van der Waals surface area contributed by atoms with Gasteiger partial charge in [0.1, 0.15) is 6.61 Å². The first kappa shape index (κ1) is 24.3. The lowest BCUT2D eigenvalue weighted by Gasteiger charge is -2.61. The highest BCUT2D eigenvalue weighted by atomic mass is 28.3. The lowest BCUT2D eigenvalue weighted by Crippen LogP contribution is -2.55. The first-order valence-corrected chi connectivity index (χ1v) is 17.2. The van der Waals surface area contributed by atoms with Crippen molar-refractivity contribution in [2.75, 3.05) is 0 Å². The summed E-state index contributed by atoms with van der Waals surface area (Å²) < 4.78 is 6.96. The number of hydrogen-bond donors (Lipinski definition) is 1. The number of cyclic esters (lactones) is 1. The molecule has 0 radical (unpaired) electrons. The van der Waals surface area contributed by atoms with Gasteiger partial charge in [-0.15, -0.1) is 0 Å². The van der Waals surface area contributed by atoms with Gasteiger partial charge in [-0.25, -0.2) is 9.78 Å². The number of aliphatic hydroxyl groups is 1. The summed E-state index contributed by atoms with van der Waals surface area (Å²) in [5.41, 5.74) is 2.70. The first-order valence-electron chi connectivity index (χ1n) is 14.0. The van der Waals surface area contributed by atoms with E-state index in [1.807, 2.05) is 6.07 Å². The Hall–Kier alpha value is -2.77. The topological polar surface area (TPSA) is 81.4 Å². The van der Waals surface area contributed by atoms with Crippen LogP contribution in [-0.4, -0.2) is 28.7 Å². The molecular formula is C31H36N2O4Si. The molecule has 38 heavy (non-hydrogen) atoms. The molecule has 3 saturated carbocycles. The Morgan fingerprint density at radius 2 is 1.89 bits per heavy atom. The predicted octanol–water partition coefficient (Wildman–Crippen LogP) is 4.68.